The van der Waals surface area contributed by atoms with Crippen LogP contribution in [0.2, 0.25) is 0 Å². The minimum atomic E-state index is -0.00931. The van der Waals surface area contributed by atoms with Crippen LogP contribution in [-0.4, -0.2) is 17.8 Å². The molecule has 3 rings (SSSR count). The largest absolute Gasteiger partial charge is 0.460 e. The molecular formula is C20H23O2P. The second-order valence-electron chi connectivity index (χ2n) is 6.18. The smallest absolute Gasteiger partial charge is 0.313 e. The second kappa shape index (κ2) is 8.26. The van der Waals surface area contributed by atoms with Crippen LogP contribution in [0.4, 0.5) is 0 Å². The van der Waals surface area contributed by atoms with Gasteiger partial charge in [0.15, 0.2) is 0 Å². The number of carbonyl (C=O) groups is 1. The van der Waals surface area contributed by atoms with Gasteiger partial charge in [-0.25, -0.2) is 0 Å². The lowest BCUT2D eigenvalue weighted by atomic mass is 9.92. The van der Waals surface area contributed by atoms with Gasteiger partial charge in [0.05, 0.1) is 5.66 Å². The van der Waals surface area contributed by atoms with Gasteiger partial charge in [0.2, 0.25) is 0 Å². The van der Waals surface area contributed by atoms with Crippen molar-refractivity contribution in [3.63, 3.8) is 0 Å². The van der Waals surface area contributed by atoms with Crippen molar-refractivity contribution in [2.75, 3.05) is 6.16 Å². The van der Waals surface area contributed by atoms with E-state index in [1.54, 1.807) is 0 Å². The fraction of sp³-hybridized carbons (Fsp3) is 0.350. The Morgan fingerprint density at radius 2 is 1.65 bits per heavy atom. The summed E-state index contributed by atoms with van der Waals surface area (Å²) >= 11 is 0. The number of carbonyl (C=O) groups excluding carboxylic acids is 1. The van der Waals surface area contributed by atoms with E-state index in [-0.39, 0.29) is 11.6 Å². The maximum Gasteiger partial charge on any atom is 0.313 e. The predicted octanol–water partition coefficient (Wildman–Crippen LogP) is 4.43. The first-order valence-corrected chi connectivity index (χ1v) is 9.57. The summed E-state index contributed by atoms with van der Waals surface area (Å²) in [6.07, 6.45) is 4.44. The number of esters is 1. The van der Waals surface area contributed by atoms with Gasteiger partial charge in [0, 0.05) is 0 Å². The molecule has 120 valence electrons. The van der Waals surface area contributed by atoms with Gasteiger partial charge in [-0.05, 0) is 42.5 Å². The molecule has 2 aromatic rings. The summed E-state index contributed by atoms with van der Waals surface area (Å²) in [4.78, 5) is 12.4. The van der Waals surface area contributed by atoms with Crippen LogP contribution in [-0.2, 0) is 22.6 Å². The lowest BCUT2D eigenvalue weighted by Crippen LogP contribution is -2.27. The van der Waals surface area contributed by atoms with Crippen molar-refractivity contribution in [1.82, 2.24) is 0 Å². The summed E-state index contributed by atoms with van der Waals surface area (Å²) in [7, 11) is 0.713. The number of benzene rings is 2. The molecule has 0 saturated carbocycles. The van der Waals surface area contributed by atoms with Crippen molar-refractivity contribution < 1.29 is 9.53 Å². The van der Waals surface area contributed by atoms with E-state index in [9.17, 15) is 4.79 Å². The van der Waals surface area contributed by atoms with Gasteiger partial charge in [-0.15, -0.1) is 8.58 Å². The first-order chi connectivity index (χ1) is 11.3. The molecule has 0 N–H and O–H groups in total. The van der Waals surface area contributed by atoms with Crippen LogP contribution in [0.1, 0.15) is 24.0 Å². The van der Waals surface area contributed by atoms with Crippen LogP contribution in [0.25, 0.3) is 0 Å². The standard InChI is InChI=1S/C20H23O2P/c21-20(22-15-17-9-5-2-6-10-17)19-14-18(11-12-23-19)13-16-7-3-1-4-8-16/h1-10,18-19,23H,11-15H2. The molecule has 0 spiro atoms. The quantitative estimate of drug-likeness (QED) is 0.600. The maximum atomic E-state index is 12.4. The van der Waals surface area contributed by atoms with Crippen LogP contribution in [0, 0.1) is 5.92 Å². The third kappa shape index (κ3) is 4.91. The Labute approximate surface area is 140 Å². The highest BCUT2D eigenvalue weighted by Crippen LogP contribution is 2.36. The summed E-state index contributed by atoms with van der Waals surface area (Å²) < 4.78 is 5.53. The van der Waals surface area contributed by atoms with Gasteiger partial charge in [-0.1, -0.05) is 60.7 Å². The summed E-state index contributed by atoms with van der Waals surface area (Å²) in [5, 5.41) is 0. The first-order valence-electron chi connectivity index (χ1n) is 8.29. The summed E-state index contributed by atoms with van der Waals surface area (Å²) in [5.74, 6) is 0.595. The molecule has 2 nitrogen and oxygen atoms in total. The fourth-order valence-corrected chi connectivity index (χ4v) is 4.81. The van der Waals surface area contributed by atoms with E-state index in [0.717, 1.165) is 24.6 Å². The van der Waals surface area contributed by atoms with Gasteiger partial charge >= 0.3 is 5.97 Å². The highest BCUT2D eigenvalue weighted by molar-refractivity contribution is 7.40. The Morgan fingerprint density at radius 3 is 2.35 bits per heavy atom. The van der Waals surface area contributed by atoms with Crippen molar-refractivity contribution in [3.8, 4) is 0 Å². The zero-order valence-corrected chi connectivity index (χ0v) is 14.3. The Hall–Kier alpha value is -1.66. The summed E-state index contributed by atoms with van der Waals surface area (Å²) in [5.41, 5.74) is 2.53. The van der Waals surface area contributed by atoms with Gasteiger partial charge in [0.1, 0.15) is 6.61 Å². The number of hydrogen-bond donors (Lipinski definition) is 0. The van der Waals surface area contributed by atoms with Crippen LogP contribution >= 0.6 is 8.58 Å². The molecule has 1 fully saturated rings. The Morgan fingerprint density at radius 1 is 1.00 bits per heavy atom. The number of ether oxygens (including phenoxy) is 1. The number of rotatable bonds is 5. The SMILES string of the molecule is O=C(OCc1ccccc1)C1CC(Cc2ccccc2)CCP1. The highest BCUT2D eigenvalue weighted by atomic mass is 31.1. The van der Waals surface area contributed by atoms with Gasteiger partial charge in [-0.2, -0.15) is 0 Å². The zero-order chi connectivity index (χ0) is 15.9. The molecule has 1 saturated heterocycles. The maximum absolute atomic E-state index is 12.4. The second-order valence-corrected chi connectivity index (χ2v) is 7.79. The van der Waals surface area contributed by atoms with Crippen LogP contribution < -0.4 is 0 Å². The molecule has 0 aromatic heterocycles. The molecule has 0 bridgehead atoms. The zero-order valence-electron chi connectivity index (χ0n) is 13.3. The molecule has 0 aliphatic carbocycles. The molecule has 0 amide bonds. The minimum absolute atomic E-state index is 0.00931. The molecule has 0 radical (unpaired) electrons. The molecule has 2 aromatic carbocycles. The highest BCUT2D eigenvalue weighted by Gasteiger charge is 2.28. The minimum Gasteiger partial charge on any atom is -0.460 e. The molecule has 1 aliphatic heterocycles. The average molecular weight is 326 g/mol. The molecule has 1 heterocycles. The predicted molar refractivity (Wildman–Crippen MR) is 96.1 cm³/mol. The van der Waals surface area contributed by atoms with E-state index in [4.69, 9.17) is 4.74 Å². The van der Waals surface area contributed by atoms with Gasteiger partial charge in [0.25, 0.3) is 0 Å². The topological polar surface area (TPSA) is 26.3 Å². The molecule has 1 aliphatic rings. The third-order valence-corrected chi connectivity index (χ3v) is 5.93. The third-order valence-electron chi connectivity index (χ3n) is 4.39. The van der Waals surface area contributed by atoms with Crippen molar-refractivity contribution in [2.45, 2.75) is 31.5 Å². The van der Waals surface area contributed by atoms with Gasteiger partial charge < -0.3 is 4.74 Å². The van der Waals surface area contributed by atoms with Crippen molar-refractivity contribution in [1.29, 1.82) is 0 Å². The monoisotopic (exact) mass is 326 g/mol. The van der Waals surface area contributed by atoms with Crippen molar-refractivity contribution in [3.05, 3.63) is 71.8 Å². The molecule has 3 unspecified atom stereocenters. The first kappa shape index (κ1) is 16.2. The van der Waals surface area contributed by atoms with Crippen LogP contribution in [0.5, 0.6) is 0 Å². The van der Waals surface area contributed by atoms with Gasteiger partial charge in [-0.3, -0.25) is 4.79 Å². The van der Waals surface area contributed by atoms with E-state index < -0.39 is 0 Å². The Kier molecular flexibility index (Phi) is 5.82. The summed E-state index contributed by atoms with van der Waals surface area (Å²) in [6.45, 7) is 0.393. The summed E-state index contributed by atoms with van der Waals surface area (Å²) in [6, 6.07) is 20.5. The van der Waals surface area contributed by atoms with E-state index in [2.05, 4.69) is 30.3 Å². The Balaban J connectivity index is 1.50. The molecule has 3 atom stereocenters. The van der Waals surface area contributed by atoms with E-state index in [1.807, 2.05) is 30.3 Å². The number of hydrogen-bond acceptors (Lipinski definition) is 2. The molecule has 23 heavy (non-hydrogen) atoms. The van der Waals surface area contributed by atoms with Crippen LogP contribution in [0.3, 0.4) is 0 Å². The lowest BCUT2D eigenvalue weighted by molar-refractivity contribution is -0.144. The van der Waals surface area contributed by atoms with Crippen molar-refractivity contribution >= 4 is 14.6 Å². The normalized spacial score (nSPS) is 21.9. The Bertz CT molecular complexity index is 612. The molecular weight excluding hydrogens is 303 g/mol. The fourth-order valence-electron chi connectivity index (χ4n) is 3.14. The average Bonchev–Trinajstić information content (AvgIpc) is 2.62. The van der Waals surface area contributed by atoms with Crippen molar-refractivity contribution in [2.24, 2.45) is 5.92 Å². The van der Waals surface area contributed by atoms with E-state index in [1.165, 1.54) is 12.0 Å². The molecule has 3 heteroatoms. The van der Waals surface area contributed by atoms with E-state index >= 15 is 0 Å². The lowest BCUT2D eigenvalue weighted by Gasteiger charge is -2.28. The van der Waals surface area contributed by atoms with E-state index in [0.29, 0.717) is 21.1 Å². The van der Waals surface area contributed by atoms with Crippen LogP contribution in [0.15, 0.2) is 60.7 Å².